The molecular formula is C51H39N6P. The van der Waals surface area contributed by atoms with Crippen LogP contribution in [-0.4, -0.2) is 15.0 Å². The van der Waals surface area contributed by atoms with E-state index in [4.69, 9.17) is 15.0 Å². The second-order valence-corrected chi connectivity index (χ2v) is 15.5. The largest absolute Gasteiger partial charge is 0.295 e. The summed E-state index contributed by atoms with van der Waals surface area (Å²) in [6.07, 6.45) is 0. The molecule has 6 nitrogen and oxygen atoms in total. The van der Waals surface area contributed by atoms with Crippen LogP contribution in [0, 0.1) is 0 Å². The highest BCUT2D eigenvalue weighted by atomic mass is 31.1. The van der Waals surface area contributed by atoms with Gasteiger partial charge in [-0.05, 0) is 109 Å². The zero-order valence-electron chi connectivity index (χ0n) is 31.6. The van der Waals surface area contributed by atoms with Crippen molar-refractivity contribution >= 4 is 75.8 Å². The number of nitrogens with zero attached hydrogens (tertiary/aromatic N) is 6. The molecule has 0 aliphatic carbocycles. The molecule has 278 valence electrons. The summed E-state index contributed by atoms with van der Waals surface area (Å²) in [5.41, 5.74) is 8.77. The van der Waals surface area contributed by atoms with Crippen LogP contribution < -0.4 is 31.0 Å². The lowest BCUT2D eigenvalue weighted by Gasteiger charge is -2.28. The van der Waals surface area contributed by atoms with E-state index in [-0.39, 0.29) is 0 Å². The fourth-order valence-electron chi connectivity index (χ4n) is 7.04. The molecule has 3 aromatic heterocycles. The Hall–Kier alpha value is -7.40. The zero-order valence-corrected chi connectivity index (χ0v) is 32.5. The minimum atomic E-state index is -1.40. The van der Waals surface area contributed by atoms with Gasteiger partial charge in [-0.25, -0.2) is 15.0 Å². The van der Waals surface area contributed by atoms with E-state index in [0.29, 0.717) is 0 Å². The van der Waals surface area contributed by atoms with Gasteiger partial charge in [-0.1, -0.05) is 127 Å². The SMILES string of the molecule is c1ccc(N(c2ccccc2)c2cccc(P(c3cccc(N(c4ccccc4)c4ccccc4)n3)c3cccc(N(c4ccccc4)c4ccccc4)n3)n2)cc1. The summed E-state index contributed by atoms with van der Waals surface area (Å²) in [4.78, 5) is 23.1. The Balaban J connectivity index is 1.23. The lowest BCUT2D eigenvalue weighted by Crippen LogP contribution is -2.29. The summed E-state index contributed by atoms with van der Waals surface area (Å²) in [6, 6.07) is 81.2. The molecule has 0 radical (unpaired) electrons. The van der Waals surface area contributed by atoms with E-state index in [1.54, 1.807) is 0 Å². The predicted octanol–water partition coefficient (Wildman–Crippen LogP) is 12.0. The lowest BCUT2D eigenvalue weighted by molar-refractivity contribution is 1.19. The van der Waals surface area contributed by atoms with E-state index in [1.165, 1.54) is 0 Å². The molecule has 0 bridgehead atoms. The van der Waals surface area contributed by atoms with E-state index in [9.17, 15) is 0 Å². The van der Waals surface area contributed by atoms with E-state index < -0.39 is 7.92 Å². The number of aromatic nitrogens is 3. The van der Waals surface area contributed by atoms with Gasteiger partial charge in [0.2, 0.25) is 0 Å². The number of hydrogen-bond acceptors (Lipinski definition) is 6. The first kappa shape index (κ1) is 36.3. The summed E-state index contributed by atoms with van der Waals surface area (Å²) in [5.74, 6) is 2.42. The van der Waals surface area contributed by atoms with Crippen molar-refractivity contribution in [3.8, 4) is 0 Å². The van der Waals surface area contributed by atoms with Crippen LogP contribution in [0.4, 0.5) is 51.6 Å². The topological polar surface area (TPSA) is 48.4 Å². The van der Waals surface area contributed by atoms with Gasteiger partial charge in [-0.15, -0.1) is 0 Å². The standard InChI is InChI=1S/C51H39N6P/c1-7-22-40(23-8-1)55(41-24-9-2-10-25-41)46-34-19-37-49(52-46)58(50-38-20-35-47(53-50)56(42-26-11-3-12-27-42)43-28-13-4-14-29-43)51-39-21-36-48(54-51)57(44-30-15-5-16-31-44)45-32-17-6-18-33-45/h1-39H. The third-order valence-corrected chi connectivity index (χ3v) is 11.7. The van der Waals surface area contributed by atoms with Gasteiger partial charge in [-0.3, -0.25) is 14.7 Å². The molecule has 0 fully saturated rings. The van der Waals surface area contributed by atoms with Crippen molar-refractivity contribution in [1.29, 1.82) is 0 Å². The van der Waals surface area contributed by atoms with Gasteiger partial charge in [0.15, 0.2) is 0 Å². The van der Waals surface area contributed by atoms with Crippen LogP contribution in [0.5, 0.6) is 0 Å². The zero-order chi connectivity index (χ0) is 38.9. The summed E-state index contributed by atoms with van der Waals surface area (Å²) >= 11 is 0. The first-order valence-electron chi connectivity index (χ1n) is 19.2. The smallest absolute Gasteiger partial charge is 0.138 e. The quantitative estimate of drug-likeness (QED) is 0.115. The third kappa shape index (κ3) is 7.83. The monoisotopic (exact) mass is 766 g/mol. The maximum atomic E-state index is 5.51. The number of para-hydroxylation sites is 6. The first-order valence-corrected chi connectivity index (χ1v) is 20.6. The van der Waals surface area contributed by atoms with E-state index in [1.807, 2.05) is 36.4 Å². The van der Waals surface area contributed by atoms with Crippen molar-refractivity contribution < 1.29 is 0 Å². The average Bonchev–Trinajstić information content (AvgIpc) is 3.30. The van der Waals surface area contributed by atoms with E-state index >= 15 is 0 Å². The van der Waals surface area contributed by atoms with Gasteiger partial charge in [0.1, 0.15) is 17.5 Å². The first-order chi connectivity index (χ1) is 28.8. The fraction of sp³-hybridized carbons (Fsp3) is 0. The van der Waals surface area contributed by atoms with Gasteiger partial charge in [0, 0.05) is 42.0 Å². The maximum absolute atomic E-state index is 5.51. The molecule has 9 rings (SSSR count). The summed E-state index contributed by atoms with van der Waals surface area (Å²) in [7, 11) is -1.40. The number of hydrogen-bond donors (Lipinski definition) is 0. The van der Waals surface area contributed by atoms with Gasteiger partial charge in [0.05, 0.1) is 16.3 Å². The van der Waals surface area contributed by atoms with Crippen LogP contribution in [0.2, 0.25) is 0 Å². The second-order valence-electron chi connectivity index (χ2n) is 13.4. The summed E-state index contributed by atoms with van der Waals surface area (Å²) < 4.78 is 0. The Kier molecular flexibility index (Phi) is 10.7. The minimum absolute atomic E-state index is 0.806. The second kappa shape index (κ2) is 17.2. The van der Waals surface area contributed by atoms with Gasteiger partial charge in [0.25, 0.3) is 0 Å². The molecule has 6 aromatic carbocycles. The van der Waals surface area contributed by atoms with Crippen molar-refractivity contribution in [3.05, 3.63) is 237 Å². The van der Waals surface area contributed by atoms with Gasteiger partial charge < -0.3 is 0 Å². The normalized spacial score (nSPS) is 10.9. The Labute approximate surface area is 340 Å². The third-order valence-electron chi connectivity index (χ3n) is 9.62. The van der Waals surface area contributed by atoms with Crippen molar-refractivity contribution in [2.24, 2.45) is 0 Å². The van der Waals surface area contributed by atoms with Crippen LogP contribution in [0.15, 0.2) is 237 Å². The number of benzene rings is 6. The number of anilines is 9. The van der Waals surface area contributed by atoms with Crippen molar-refractivity contribution in [2.45, 2.75) is 0 Å². The molecule has 0 aliphatic rings. The highest BCUT2D eigenvalue weighted by Crippen LogP contribution is 2.39. The Morgan fingerprint density at radius 3 is 0.638 bits per heavy atom. The molecular weight excluding hydrogens is 728 g/mol. The predicted molar refractivity (Wildman–Crippen MR) is 243 cm³/mol. The molecule has 0 saturated heterocycles. The summed E-state index contributed by atoms with van der Waals surface area (Å²) in [6.45, 7) is 0. The van der Waals surface area contributed by atoms with Crippen LogP contribution in [-0.2, 0) is 0 Å². The molecule has 7 heteroatoms. The Morgan fingerprint density at radius 2 is 0.431 bits per heavy atom. The van der Waals surface area contributed by atoms with Crippen molar-refractivity contribution in [1.82, 2.24) is 15.0 Å². The number of pyridine rings is 3. The highest BCUT2D eigenvalue weighted by Gasteiger charge is 2.26. The van der Waals surface area contributed by atoms with E-state index in [0.717, 1.165) is 67.9 Å². The molecule has 0 N–H and O–H groups in total. The molecule has 58 heavy (non-hydrogen) atoms. The van der Waals surface area contributed by atoms with Crippen LogP contribution in [0.1, 0.15) is 0 Å². The maximum Gasteiger partial charge on any atom is 0.138 e. The lowest BCUT2D eigenvalue weighted by atomic mass is 10.2. The molecule has 0 saturated carbocycles. The van der Waals surface area contributed by atoms with Crippen molar-refractivity contribution in [3.63, 3.8) is 0 Å². The highest BCUT2D eigenvalue weighted by molar-refractivity contribution is 7.79. The number of rotatable bonds is 12. The Bertz CT molecular complexity index is 2270. The van der Waals surface area contributed by atoms with Crippen LogP contribution in [0.3, 0.4) is 0 Å². The summed E-state index contributed by atoms with van der Waals surface area (Å²) in [5, 5.41) is 0. The molecule has 3 heterocycles. The molecule has 0 unspecified atom stereocenters. The average molecular weight is 767 g/mol. The van der Waals surface area contributed by atoms with Gasteiger partial charge >= 0.3 is 0 Å². The molecule has 0 atom stereocenters. The van der Waals surface area contributed by atoms with Gasteiger partial charge in [-0.2, -0.15) is 0 Å². The molecule has 0 amide bonds. The minimum Gasteiger partial charge on any atom is -0.295 e. The van der Waals surface area contributed by atoms with Crippen LogP contribution >= 0.6 is 7.92 Å². The fourth-order valence-corrected chi connectivity index (χ4v) is 9.06. The molecule has 0 spiro atoms. The van der Waals surface area contributed by atoms with E-state index in [2.05, 4.69) is 215 Å². The van der Waals surface area contributed by atoms with Crippen molar-refractivity contribution in [2.75, 3.05) is 14.7 Å². The molecule has 0 aliphatic heterocycles. The van der Waals surface area contributed by atoms with Crippen LogP contribution in [0.25, 0.3) is 0 Å². The Morgan fingerprint density at radius 1 is 0.224 bits per heavy atom. The molecule has 9 aromatic rings.